The highest BCUT2D eigenvalue weighted by Gasteiger charge is 2.73. The Morgan fingerprint density at radius 3 is 1.68 bits per heavy atom. The first kappa shape index (κ1) is 94.7. The molecule has 38 heteroatoms. The number of aldehydes is 1. The molecule has 119 heavy (non-hydrogen) atoms. The Hall–Kier alpha value is -3.42. The highest BCUT2D eigenvalue weighted by Crippen LogP contribution is 2.76. The molecule has 4 saturated carbocycles. The van der Waals surface area contributed by atoms with E-state index in [-0.39, 0.29) is 31.6 Å². The van der Waals surface area contributed by atoms with E-state index in [0.29, 0.717) is 44.9 Å². The second-order valence-electron chi connectivity index (χ2n) is 37.3. The number of aliphatic hydroxyl groups excluding tert-OH is 18. The quantitative estimate of drug-likeness (QED) is 0.0110. The minimum Gasteiger partial charge on any atom is -0.479 e. The van der Waals surface area contributed by atoms with Gasteiger partial charge < -0.3 is 173 Å². The van der Waals surface area contributed by atoms with E-state index in [4.69, 9.17) is 66.3 Å². The molecule has 0 spiro atoms. The molecule has 20 N–H and O–H groups in total. The molecule has 682 valence electrons. The number of aliphatic carboxylic acids is 1. The lowest BCUT2D eigenvalue weighted by molar-refractivity contribution is -0.391. The molecule has 38 nitrogen and oxygen atoms in total. The van der Waals surface area contributed by atoms with Crippen molar-refractivity contribution in [3.05, 3.63) is 11.6 Å². The molecular weight excluding hydrogens is 1580 g/mol. The Morgan fingerprint density at radius 2 is 1.05 bits per heavy atom. The first-order valence-electron chi connectivity index (χ1n) is 42.6. The van der Waals surface area contributed by atoms with Crippen molar-refractivity contribution in [2.24, 2.45) is 50.2 Å². The largest absolute Gasteiger partial charge is 0.479 e. The second kappa shape index (κ2) is 38.3. The van der Waals surface area contributed by atoms with Crippen molar-refractivity contribution in [2.75, 3.05) is 33.0 Å². The molecule has 7 heterocycles. The number of allylic oxidation sites excluding steroid dienone is 2. The van der Waals surface area contributed by atoms with Crippen molar-refractivity contribution in [3.8, 4) is 0 Å². The number of carbonyl (C=O) groups excluding carboxylic acids is 3. The number of hydrogen-bond acceptors (Lipinski definition) is 36. The molecule has 0 radical (unpaired) electrons. The van der Waals surface area contributed by atoms with Gasteiger partial charge in [0.05, 0.1) is 62.8 Å². The normalized spacial score (nSPS) is 49.8. The zero-order valence-electron chi connectivity index (χ0n) is 68.8. The molecule has 0 bridgehead atoms. The molecule has 5 aliphatic carbocycles. The lowest BCUT2D eigenvalue weighted by atomic mass is 9.33. The SMILES string of the molecule is CCCCCCCCCCCC(=O)N[C@@H]1[C@H](O)[C@@H](O[C@@H]2O[C@@H](C)[C@H](O[C@@H]3OC[C@@H](O)[C@H](O[C@@H]4O[C@H](CO)[C@@H](O)[C@H]4O)[C@H]3O)[C@@H](O)[C@H]2O)[C@H](OC(=O)[C@]23CCC(C)(C)C[C@H]2C2=CC[C@@H]4[C@@]5(C)CC[C@H](O[C@@H]6O[C@H](C(=O)O)[C@@H](O)[C@H](O[C@@H]7OC[C@@H](O)[C@H](O)[C@H]7O)[C@H]6O[C@@H]6O[C@H](CO)[C@H](O)[C@H](O)[C@H]6O)[C@@](C)(C=O)[C@@H]5CC[C@@]4(C)[C@]2(C)C[C@H]3O)O[C@@H]1CO. The van der Waals surface area contributed by atoms with Crippen molar-refractivity contribution in [2.45, 2.75) is 386 Å². The molecule has 7 aliphatic heterocycles. The predicted molar refractivity (Wildman–Crippen MR) is 401 cm³/mol. The van der Waals surface area contributed by atoms with Crippen LogP contribution < -0.4 is 5.32 Å². The highest BCUT2D eigenvalue weighted by atomic mass is 16.8. The van der Waals surface area contributed by atoms with Crippen molar-refractivity contribution in [1.82, 2.24) is 5.32 Å². The van der Waals surface area contributed by atoms with Crippen LogP contribution in [0.1, 0.15) is 177 Å². The Labute approximate surface area is 690 Å². The lowest BCUT2D eigenvalue weighted by Gasteiger charge is -2.71. The van der Waals surface area contributed by atoms with E-state index in [0.717, 1.165) is 63.2 Å². The van der Waals surface area contributed by atoms with E-state index in [1.54, 1.807) is 6.92 Å². The average Bonchev–Trinajstić information content (AvgIpc) is 0.854. The Balaban J connectivity index is 0.801. The first-order chi connectivity index (χ1) is 56.2. The Kier molecular flexibility index (Phi) is 30.4. The van der Waals surface area contributed by atoms with Gasteiger partial charge in [-0.25, -0.2) is 4.79 Å². The van der Waals surface area contributed by atoms with Crippen LogP contribution >= 0.6 is 0 Å². The number of amides is 1. The summed E-state index contributed by atoms with van der Waals surface area (Å²) in [5.41, 5.74) is -5.13. The maximum absolute atomic E-state index is 16.2. The van der Waals surface area contributed by atoms with Gasteiger partial charge >= 0.3 is 11.9 Å². The number of unbranched alkanes of at least 4 members (excludes halogenated alkanes) is 8. The third-order valence-electron chi connectivity index (χ3n) is 29.4. The second-order valence-corrected chi connectivity index (χ2v) is 37.3. The van der Waals surface area contributed by atoms with Crippen LogP contribution in [0.4, 0.5) is 0 Å². The van der Waals surface area contributed by atoms with Gasteiger partial charge in [0.15, 0.2) is 49.9 Å². The number of esters is 1. The summed E-state index contributed by atoms with van der Waals surface area (Å²) in [4.78, 5) is 57.6. The van der Waals surface area contributed by atoms with Crippen molar-refractivity contribution in [3.63, 3.8) is 0 Å². The molecule has 12 rings (SSSR count). The summed E-state index contributed by atoms with van der Waals surface area (Å²) >= 11 is 0. The number of carboxylic acid groups (broad SMARTS) is 1. The maximum atomic E-state index is 16.2. The zero-order valence-corrected chi connectivity index (χ0v) is 68.8. The molecule has 7 saturated heterocycles. The highest BCUT2D eigenvalue weighted by molar-refractivity contribution is 5.80. The number of fused-ring (bicyclic) bond motifs is 7. The van der Waals surface area contributed by atoms with Crippen LogP contribution in [0, 0.1) is 50.2 Å². The molecule has 12 aliphatic rings. The fourth-order valence-corrected chi connectivity index (χ4v) is 22.2. The van der Waals surface area contributed by atoms with Gasteiger partial charge in [-0.3, -0.25) is 9.59 Å². The fourth-order valence-electron chi connectivity index (χ4n) is 22.2. The van der Waals surface area contributed by atoms with Gasteiger partial charge in [0.25, 0.3) is 0 Å². The summed E-state index contributed by atoms with van der Waals surface area (Å²) in [6.45, 7) is 12.1. The number of carboxylic acids is 1. The number of aliphatic hydroxyl groups is 18. The standard InChI is InChI=1S/C81H131NO37/c1-9-10-11-12-13-14-15-16-17-18-47(90)82-48-40(29-83)109-73(65(52(48)94)117-70-58(100)54(96)61(35(2)108-70)113-69-60(102)62(39(88)33-107-69)114-71-56(98)51(93)42(31-85)111-71)119-75(105)81-26-25-76(3,4)27-37(81)36-19-20-44-77(5)23-22-46(78(6,34-86)43(77)21-24-79(44,7)80(36,8)28-45(81)89)112-74-66(118-72-57(99)53(95)50(92)41(30-84)110-72)63(59(101)64(116-74)67(103)104)115-68-55(97)49(91)38(87)32-106-68/h19,34-35,37-46,48-66,68-74,83-85,87-89,91-102H,9-18,20-33H2,1-8H3,(H,82,90)(H,103,104)/t35-,37-,38+,39+,40+,41+,42+,43+,44+,45+,46-,48-,49-,50-,51+,52-,53-,54-,55+,56+,57+,58+,59-,60+,61-,62-,63-,64-,65+,66+,68-,69-,70-,71-,72-,73-,74+,77-,78-,79+,80+,81+/m0/s1. The van der Waals surface area contributed by atoms with Crippen molar-refractivity contribution < 1.29 is 183 Å². The molecule has 11 fully saturated rings. The van der Waals surface area contributed by atoms with E-state index in [9.17, 15) is 111 Å². The Morgan fingerprint density at radius 1 is 0.504 bits per heavy atom. The average molecular weight is 1710 g/mol. The van der Waals surface area contributed by atoms with Gasteiger partial charge in [-0.2, -0.15) is 0 Å². The minimum absolute atomic E-state index is 0.00159. The van der Waals surface area contributed by atoms with Crippen LogP contribution in [0.5, 0.6) is 0 Å². The number of nitrogens with one attached hydrogen (secondary N) is 1. The van der Waals surface area contributed by atoms with Gasteiger partial charge in [0, 0.05) is 6.42 Å². The monoisotopic (exact) mass is 1710 g/mol. The molecule has 0 aromatic heterocycles. The van der Waals surface area contributed by atoms with E-state index in [1.165, 1.54) is 6.92 Å². The molecular formula is C81H131NO37. The number of hydrogen-bond donors (Lipinski definition) is 20. The van der Waals surface area contributed by atoms with Gasteiger partial charge in [-0.05, 0) is 111 Å². The molecule has 0 unspecified atom stereocenters. The summed E-state index contributed by atoms with van der Waals surface area (Å²) in [5.74, 6) is -4.74. The van der Waals surface area contributed by atoms with Crippen LogP contribution in [0.25, 0.3) is 0 Å². The van der Waals surface area contributed by atoms with E-state index in [2.05, 4.69) is 52.9 Å². The smallest absolute Gasteiger partial charge is 0.335 e. The Bertz CT molecular complexity index is 3420. The number of rotatable bonds is 30. The third kappa shape index (κ3) is 18.1. The summed E-state index contributed by atoms with van der Waals surface area (Å²) in [5, 5.41) is 215. The number of ether oxygens (including phenoxy) is 14. The van der Waals surface area contributed by atoms with E-state index in [1.807, 2.05) is 0 Å². The van der Waals surface area contributed by atoms with Gasteiger partial charge in [0.1, 0.15) is 140 Å². The van der Waals surface area contributed by atoms with Gasteiger partial charge in [-0.15, -0.1) is 0 Å². The van der Waals surface area contributed by atoms with Crippen LogP contribution in [0.2, 0.25) is 0 Å². The lowest BCUT2D eigenvalue weighted by Crippen LogP contribution is -2.70. The van der Waals surface area contributed by atoms with Crippen LogP contribution in [0.3, 0.4) is 0 Å². The van der Waals surface area contributed by atoms with Crippen LogP contribution in [-0.4, -0.2) is 363 Å². The maximum Gasteiger partial charge on any atom is 0.335 e. The van der Waals surface area contributed by atoms with Gasteiger partial charge in [-0.1, -0.05) is 111 Å². The summed E-state index contributed by atoms with van der Waals surface area (Å²) in [7, 11) is 0. The van der Waals surface area contributed by atoms with E-state index < -0.39 is 304 Å². The number of carbonyl (C=O) groups is 4. The topological polar surface area (TPSA) is 594 Å². The van der Waals surface area contributed by atoms with Gasteiger partial charge in [0.2, 0.25) is 12.2 Å². The van der Waals surface area contributed by atoms with Crippen molar-refractivity contribution >= 4 is 24.1 Å². The van der Waals surface area contributed by atoms with Crippen molar-refractivity contribution in [1.29, 1.82) is 0 Å². The summed E-state index contributed by atoms with van der Waals surface area (Å²) in [6.07, 6.45) is -45.0. The van der Waals surface area contributed by atoms with Crippen LogP contribution in [0.15, 0.2) is 11.6 Å². The third-order valence-corrected chi connectivity index (χ3v) is 29.4. The fraction of sp³-hybridized carbons (Fsp3) is 0.926. The first-order valence-corrected chi connectivity index (χ1v) is 42.6. The predicted octanol–water partition coefficient (Wildman–Crippen LogP) is -3.33. The summed E-state index contributed by atoms with van der Waals surface area (Å²) in [6, 6.07) is -1.46. The minimum atomic E-state index is -2.24. The summed E-state index contributed by atoms with van der Waals surface area (Å²) < 4.78 is 84.9. The molecule has 0 aromatic rings. The molecule has 1 amide bonds. The molecule has 0 aromatic carbocycles. The molecule has 42 atom stereocenters. The van der Waals surface area contributed by atoms with E-state index >= 15 is 4.79 Å². The zero-order chi connectivity index (χ0) is 86.7. The van der Waals surface area contributed by atoms with Crippen LogP contribution in [-0.2, 0) is 85.5 Å².